The summed E-state index contributed by atoms with van der Waals surface area (Å²) in [5.41, 5.74) is 2.50. The monoisotopic (exact) mass is 482 g/mol. The number of rotatable bonds is 7. The molecule has 1 fully saturated rings. The molecule has 3 rings (SSSR count). The quantitative estimate of drug-likeness (QED) is 0.592. The molecule has 0 unspecified atom stereocenters. The summed E-state index contributed by atoms with van der Waals surface area (Å²) in [4.78, 5) is 11.8. The van der Waals surface area contributed by atoms with Gasteiger partial charge < -0.3 is 5.32 Å². The van der Waals surface area contributed by atoms with Crippen LogP contribution in [0.1, 0.15) is 41.5 Å². The number of carbonyl (C=O) groups is 1. The van der Waals surface area contributed by atoms with Crippen LogP contribution < -0.4 is 5.32 Å². The predicted octanol–water partition coefficient (Wildman–Crippen LogP) is 4.47. The van der Waals surface area contributed by atoms with Crippen molar-refractivity contribution in [1.82, 2.24) is 9.62 Å². The Kier molecular flexibility index (Phi) is 7.84. The first-order valence-electron chi connectivity index (χ1n) is 11.0. The molecule has 0 aliphatic carbocycles. The standard InChI is InChI=1S/C24H29F3N2O3S/c1-17-9-10-19(18(2)16-17)6-5-13-28-23(30)20-11-14-29(15-12-20)33(31,32)22-8-4-3-7-21(22)24(25,26)27/h3-4,7-10,16,20H,5-6,11-15H2,1-2H3,(H,28,30). The molecule has 1 N–H and O–H groups in total. The van der Waals surface area contributed by atoms with Crippen LogP contribution in [0.5, 0.6) is 0 Å². The Morgan fingerprint density at radius 2 is 1.76 bits per heavy atom. The topological polar surface area (TPSA) is 66.5 Å². The van der Waals surface area contributed by atoms with Gasteiger partial charge in [-0.2, -0.15) is 17.5 Å². The maximum atomic E-state index is 13.3. The van der Waals surface area contributed by atoms with Crippen LogP contribution in [0.15, 0.2) is 47.4 Å². The summed E-state index contributed by atoms with van der Waals surface area (Å²) in [5, 5.41) is 2.91. The molecular formula is C24H29F3N2O3S. The summed E-state index contributed by atoms with van der Waals surface area (Å²) in [6.07, 6.45) is -2.58. The number of hydrogen-bond acceptors (Lipinski definition) is 3. The van der Waals surface area contributed by atoms with Crippen LogP contribution in [0.25, 0.3) is 0 Å². The van der Waals surface area contributed by atoms with E-state index >= 15 is 0 Å². The average molecular weight is 483 g/mol. The number of sulfonamides is 1. The summed E-state index contributed by atoms with van der Waals surface area (Å²) in [6.45, 7) is 4.65. The number of benzene rings is 2. The second-order valence-electron chi connectivity index (χ2n) is 8.50. The molecule has 0 spiro atoms. The average Bonchev–Trinajstić information content (AvgIpc) is 2.77. The number of alkyl halides is 3. The van der Waals surface area contributed by atoms with Gasteiger partial charge in [0.1, 0.15) is 0 Å². The van der Waals surface area contributed by atoms with Crippen LogP contribution in [0.4, 0.5) is 13.2 Å². The van der Waals surface area contributed by atoms with E-state index in [9.17, 15) is 26.4 Å². The van der Waals surface area contributed by atoms with Crippen molar-refractivity contribution in [3.05, 3.63) is 64.7 Å². The van der Waals surface area contributed by atoms with E-state index in [-0.39, 0.29) is 37.8 Å². The van der Waals surface area contributed by atoms with Crippen LogP contribution in [0, 0.1) is 19.8 Å². The van der Waals surface area contributed by atoms with E-state index in [1.54, 1.807) is 0 Å². The highest BCUT2D eigenvalue weighted by Gasteiger charge is 2.40. The summed E-state index contributed by atoms with van der Waals surface area (Å²) < 4.78 is 66.6. The molecule has 5 nitrogen and oxygen atoms in total. The van der Waals surface area contributed by atoms with E-state index in [1.807, 2.05) is 6.92 Å². The van der Waals surface area contributed by atoms with E-state index < -0.39 is 26.7 Å². The molecule has 2 aromatic rings. The lowest BCUT2D eigenvalue weighted by molar-refractivity contribution is -0.139. The minimum Gasteiger partial charge on any atom is -0.356 e. The number of nitrogens with zero attached hydrogens (tertiary/aromatic N) is 1. The SMILES string of the molecule is Cc1ccc(CCCNC(=O)C2CCN(S(=O)(=O)c3ccccc3C(F)(F)F)CC2)c(C)c1. The largest absolute Gasteiger partial charge is 0.417 e. The predicted molar refractivity (Wildman–Crippen MR) is 120 cm³/mol. The summed E-state index contributed by atoms with van der Waals surface area (Å²) in [6, 6.07) is 10.5. The van der Waals surface area contributed by atoms with Gasteiger partial charge in [0.15, 0.2) is 0 Å². The van der Waals surface area contributed by atoms with Crippen molar-refractivity contribution in [2.45, 2.75) is 50.6 Å². The normalized spacial score (nSPS) is 16.0. The molecule has 0 saturated carbocycles. The van der Waals surface area contributed by atoms with E-state index in [1.165, 1.54) is 28.8 Å². The fraction of sp³-hybridized carbons (Fsp3) is 0.458. The van der Waals surface area contributed by atoms with E-state index in [2.05, 4.69) is 30.4 Å². The highest BCUT2D eigenvalue weighted by Crippen LogP contribution is 2.36. The number of aryl methyl sites for hydroxylation is 3. The smallest absolute Gasteiger partial charge is 0.356 e. The van der Waals surface area contributed by atoms with Crippen LogP contribution in [-0.4, -0.2) is 38.3 Å². The van der Waals surface area contributed by atoms with E-state index in [0.29, 0.717) is 6.54 Å². The molecule has 0 radical (unpaired) electrons. The Morgan fingerprint density at radius 1 is 1.09 bits per heavy atom. The first kappa shape index (κ1) is 25.2. The van der Waals surface area contributed by atoms with Gasteiger partial charge >= 0.3 is 6.18 Å². The summed E-state index contributed by atoms with van der Waals surface area (Å²) >= 11 is 0. The zero-order valence-corrected chi connectivity index (χ0v) is 19.6. The molecule has 33 heavy (non-hydrogen) atoms. The van der Waals surface area contributed by atoms with Crippen molar-refractivity contribution >= 4 is 15.9 Å². The molecule has 2 aromatic carbocycles. The van der Waals surface area contributed by atoms with Crippen molar-refractivity contribution < 1.29 is 26.4 Å². The summed E-state index contributed by atoms with van der Waals surface area (Å²) in [5.74, 6) is -0.487. The molecule has 1 amide bonds. The first-order chi connectivity index (χ1) is 15.5. The fourth-order valence-electron chi connectivity index (χ4n) is 4.18. The Hall–Kier alpha value is -2.39. The second kappa shape index (κ2) is 10.3. The van der Waals surface area contributed by atoms with E-state index in [0.717, 1.165) is 29.3 Å². The molecular weight excluding hydrogens is 453 g/mol. The van der Waals surface area contributed by atoms with Crippen LogP contribution in [0.2, 0.25) is 0 Å². The minimum atomic E-state index is -4.76. The Bertz CT molecular complexity index is 1090. The highest BCUT2D eigenvalue weighted by atomic mass is 32.2. The van der Waals surface area contributed by atoms with Crippen molar-refractivity contribution in [3.8, 4) is 0 Å². The van der Waals surface area contributed by atoms with Crippen molar-refractivity contribution in [1.29, 1.82) is 0 Å². The van der Waals surface area contributed by atoms with Crippen molar-refractivity contribution in [2.75, 3.05) is 19.6 Å². The zero-order valence-electron chi connectivity index (χ0n) is 18.8. The van der Waals surface area contributed by atoms with Gasteiger partial charge in [-0.1, -0.05) is 35.9 Å². The molecule has 0 bridgehead atoms. The van der Waals surface area contributed by atoms with Gasteiger partial charge in [0.05, 0.1) is 10.5 Å². The molecule has 1 aliphatic heterocycles. The lowest BCUT2D eigenvalue weighted by Gasteiger charge is -2.31. The van der Waals surface area contributed by atoms with Gasteiger partial charge in [-0.3, -0.25) is 4.79 Å². The molecule has 0 atom stereocenters. The van der Waals surface area contributed by atoms with Gasteiger partial charge in [-0.05, 0) is 62.8 Å². The third-order valence-corrected chi connectivity index (χ3v) is 8.01. The lowest BCUT2D eigenvalue weighted by Crippen LogP contribution is -2.43. The number of nitrogens with one attached hydrogen (secondary N) is 1. The number of amides is 1. The Morgan fingerprint density at radius 3 is 2.39 bits per heavy atom. The Balaban J connectivity index is 1.51. The van der Waals surface area contributed by atoms with Gasteiger partial charge in [0.25, 0.3) is 0 Å². The maximum absolute atomic E-state index is 13.3. The first-order valence-corrected chi connectivity index (χ1v) is 12.4. The third kappa shape index (κ3) is 6.14. The van der Waals surface area contributed by atoms with Crippen LogP contribution in [-0.2, 0) is 27.4 Å². The van der Waals surface area contributed by atoms with Crippen molar-refractivity contribution in [2.24, 2.45) is 5.92 Å². The molecule has 1 aliphatic rings. The number of hydrogen-bond donors (Lipinski definition) is 1. The van der Waals surface area contributed by atoms with Crippen molar-refractivity contribution in [3.63, 3.8) is 0 Å². The molecule has 1 saturated heterocycles. The number of carbonyl (C=O) groups excluding carboxylic acids is 1. The van der Waals surface area contributed by atoms with Gasteiger partial charge in [-0.25, -0.2) is 8.42 Å². The number of halogens is 3. The molecule has 1 heterocycles. The van der Waals surface area contributed by atoms with Gasteiger partial charge in [0.2, 0.25) is 15.9 Å². The summed E-state index contributed by atoms with van der Waals surface area (Å²) in [7, 11) is -4.30. The second-order valence-corrected chi connectivity index (χ2v) is 10.4. The highest BCUT2D eigenvalue weighted by molar-refractivity contribution is 7.89. The fourth-order valence-corrected chi connectivity index (χ4v) is 5.87. The van der Waals surface area contributed by atoms with Gasteiger partial charge in [0, 0.05) is 25.6 Å². The molecule has 9 heteroatoms. The van der Waals surface area contributed by atoms with E-state index in [4.69, 9.17) is 0 Å². The minimum absolute atomic E-state index is 0.00910. The molecule has 0 aromatic heterocycles. The molecule has 180 valence electrons. The number of piperidine rings is 1. The third-order valence-electron chi connectivity index (χ3n) is 6.06. The Labute approximate surface area is 193 Å². The van der Waals surface area contributed by atoms with Gasteiger partial charge in [-0.15, -0.1) is 0 Å². The zero-order chi connectivity index (χ0) is 24.2. The van der Waals surface area contributed by atoms with Crippen LogP contribution in [0.3, 0.4) is 0 Å². The maximum Gasteiger partial charge on any atom is 0.417 e. The van der Waals surface area contributed by atoms with Crippen LogP contribution >= 0.6 is 0 Å². The lowest BCUT2D eigenvalue weighted by atomic mass is 9.97.